The van der Waals surface area contributed by atoms with Crippen LogP contribution in [0.2, 0.25) is 0 Å². The van der Waals surface area contributed by atoms with E-state index in [0.717, 1.165) is 39.1 Å². The number of aromatic nitrogens is 9. The topological polar surface area (TPSA) is 103 Å². The van der Waals surface area contributed by atoms with Crippen molar-refractivity contribution < 1.29 is 0 Å². The fourth-order valence-electron chi connectivity index (χ4n) is 3.36. The van der Waals surface area contributed by atoms with Gasteiger partial charge < -0.3 is 4.98 Å². The molecule has 0 spiro atoms. The highest BCUT2D eigenvalue weighted by Gasteiger charge is 2.16. The molecule has 6 rings (SSSR count). The van der Waals surface area contributed by atoms with Crippen LogP contribution in [0.1, 0.15) is 0 Å². The summed E-state index contributed by atoms with van der Waals surface area (Å²) in [5.41, 5.74) is 6.42. The number of fused-ring (bicyclic) bond motifs is 3. The van der Waals surface area contributed by atoms with Crippen molar-refractivity contribution in [2.45, 2.75) is 0 Å². The molecule has 0 saturated carbocycles. The Morgan fingerprint density at radius 2 is 1.78 bits per heavy atom. The highest BCUT2D eigenvalue weighted by molar-refractivity contribution is 5.89. The number of aromatic amines is 1. The zero-order valence-corrected chi connectivity index (χ0v) is 13.9. The van der Waals surface area contributed by atoms with Crippen molar-refractivity contribution in [3.8, 4) is 11.4 Å². The van der Waals surface area contributed by atoms with Crippen LogP contribution < -0.4 is 0 Å². The van der Waals surface area contributed by atoms with Gasteiger partial charge in [-0.3, -0.25) is 14.1 Å². The molecule has 27 heavy (non-hydrogen) atoms. The van der Waals surface area contributed by atoms with Gasteiger partial charge in [0.25, 0.3) is 0 Å². The summed E-state index contributed by atoms with van der Waals surface area (Å²) in [5, 5.41) is 0. The number of imidazole rings is 3. The van der Waals surface area contributed by atoms with E-state index in [9.17, 15) is 0 Å². The molecule has 0 bridgehead atoms. The molecule has 0 amide bonds. The van der Waals surface area contributed by atoms with Crippen LogP contribution in [0.3, 0.4) is 0 Å². The number of H-pyrrole nitrogens is 1. The van der Waals surface area contributed by atoms with Crippen molar-refractivity contribution in [2.75, 3.05) is 0 Å². The molecular weight excluding hydrogens is 342 g/mol. The van der Waals surface area contributed by atoms with E-state index < -0.39 is 0 Å². The fourth-order valence-corrected chi connectivity index (χ4v) is 3.36. The second kappa shape index (κ2) is 5.18. The molecule has 0 aromatic carbocycles. The largest absolute Gasteiger partial charge is 0.343 e. The molecule has 128 valence electrons. The fraction of sp³-hybridized carbons (Fsp3) is 0. The van der Waals surface area contributed by atoms with E-state index in [1.54, 1.807) is 43.8 Å². The van der Waals surface area contributed by atoms with E-state index >= 15 is 0 Å². The third-order valence-corrected chi connectivity index (χ3v) is 4.56. The molecule has 0 radical (unpaired) electrons. The molecule has 0 aliphatic heterocycles. The van der Waals surface area contributed by atoms with Crippen molar-refractivity contribution in [1.29, 1.82) is 0 Å². The highest BCUT2D eigenvalue weighted by atomic mass is 15.2. The molecule has 6 aromatic rings. The van der Waals surface area contributed by atoms with Crippen molar-refractivity contribution >= 4 is 33.4 Å². The Kier molecular flexibility index (Phi) is 2.70. The minimum Gasteiger partial charge on any atom is -0.343 e. The van der Waals surface area contributed by atoms with Crippen LogP contribution in [0.5, 0.6) is 0 Å². The Labute approximate surface area is 151 Å². The number of rotatable bonds is 2. The van der Waals surface area contributed by atoms with E-state index in [4.69, 9.17) is 0 Å². The van der Waals surface area contributed by atoms with Crippen LogP contribution in [0.25, 0.3) is 44.7 Å². The van der Waals surface area contributed by atoms with Gasteiger partial charge >= 0.3 is 0 Å². The van der Waals surface area contributed by atoms with E-state index in [-0.39, 0.29) is 0 Å². The first-order chi connectivity index (χ1) is 13.4. The van der Waals surface area contributed by atoms with Crippen LogP contribution in [-0.2, 0) is 0 Å². The highest BCUT2D eigenvalue weighted by Crippen LogP contribution is 2.27. The molecular formula is C18H11N9. The van der Waals surface area contributed by atoms with Gasteiger partial charge in [0.2, 0.25) is 0 Å². The SMILES string of the molecule is c1cnc2c(c1)ncn2-c1ccnc2ncn(-c3cncc4[nH]cnc34)c12. The lowest BCUT2D eigenvalue weighted by molar-refractivity contribution is 1.04. The standard InChI is InChI=1S/C18H11N9/c1-2-11-18(21-4-1)27(9-24-11)13-3-5-20-17-16(13)26(10-25-17)14-7-19-6-12-15(14)23-8-22-12/h1-10H,(H,22,23). The number of pyridine rings is 3. The first kappa shape index (κ1) is 14.1. The van der Waals surface area contributed by atoms with E-state index in [0.29, 0.717) is 5.65 Å². The van der Waals surface area contributed by atoms with Crippen molar-refractivity contribution in [3.63, 3.8) is 0 Å². The van der Waals surface area contributed by atoms with E-state index in [2.05, 4.69) is 34.9 Å². The smallest absolute Gasteiger partial charge is 0.180 e. The summed E-state index contributed by atoms with van der Waals surface area (Å²) in [6, 6.07) is 5.73. The molecule has 6 heterocycles. The number of nitrogens with zero attached hydrogens (tertiary/aromatic N) is 8. The van der Waals surface area contributed by atoms with Crippen LogP contribution in [0, 0.1) is 0 Å². The third-order valence-electron chi connectivity index (χ3n) is 4.56. The summed E-state index contributed by atoms with van der Waals surface area (Å²) in [5.74, 6) is 0. The van der Waals surface area contributed by atoms with Crippen LogP contribution in [-0.4, -0.2) is 44.0 Å². The molecule has 6 aromatic heterocycles. The second-order valence-electron chi connectivity index (χ2n) is 6.03. The van der Waals surface area contributed by atoms with Crippen LogP contribution in [0.15, 0.2) is 62.0 Å². The van der Waals surface area contributed by atoms with E-state index in [1.165, 1.54) is 0 Å². The van der Waals surface area contributed by atoms with Gasteiger partial charge in [-0.2, -0.15) is 0 Å². The van der Waals surface area contributed by atoms with Crippen molar-refractivity contribution in [2.24, 2.45) is 0 Å². The monoisotopic (exact) mass is 353 g/mol. The second-order valence-corrected chi connectivity index (χ2v) is 6.03. The van der Waals surface area contributed by atoms with Gasteiger partial charge in [-0.1, -0.05) is 0 Å². The van der Waals surface area contributed by atoms with Crippen molar-refractivity contribution in [1.82, 2.24) is 44.0 Å². The Balaban J connectivity index is 1.71. The van der Waals surface area contributed by atoms with Crippen LogP contribution >= 0.6 is 0 Å². The molecule has 0 saturated heterocycles. The van der Waals surface area contributed by atoms with Gasteiger partial charge in [0.05, 0.1) is 35.6 Å². The summed E-state index contributed by atoms with van der Waals surface area (Å²) in [6.45, 7) is 0. The zero-order chi connectivity index (χ0) is 17.8. The van der Waals surface area contributed by atoms with Gasteiger partial charge in [0.15, 0.2) is 11.3 Å². The lowest BCUT2D eigenvalue weighted by atomic mass is 10.3. The average Bonchev–Trinajstić information content (AvgIpc) is 3.44. The maximum absolute atomic E-state index is 4.47. The number of nitrogens with one attached hydrogen (secondary N) is 1. The molecule has 0 unspecified atom stereocenters. The molecule has 1 N–H and O–H groups in total. The molecule has 9 heteroatoms. The minimum atomic E-state index is 0.623. The average molecular weight is 353 g/mol. The summed E-state index contributed by atoms with van der Waals surface area (Å²) < 4.78 is 3.89. The maximum atomic E-state index is 4.47. The van der Waals surface area contributed by atoms with Gasteiger partial charge in [-0.15, -0.1) is 0 Å². The summed E-state index contributed by atoms with van der Waals surface area (Å²) in [7, 11) is 0. The summed E-state index contributed by atoms with van der Waals surface area (Å²) >= 11 is 0. The molecule has 0 atom stereocenters. The third kappa shape index (κ3) is 1.93. The van der Waals surface area contributed by atoms with E-state index in [1.807, 2.05) is 27.3 Å². The lowest BCUT2D eigenvalue weighted by Gasteiger charge is -2.09. The summed E-state index contributed by atoms with van der Waals surface area (Å²) in [6.07, 6.45) is 12.2. The number of hydrogen-bond acceptors (Lipinski definition) is 6. The lowest BCUT2D eigenvalue weighted by Crippen LogP contribution is -2.01. The predicted molar refractivity (Wildman–Crippen MR) is 98.7 cm³/mol. The first-order valence-electron chi connectivity index (χ1n) is 8.28. The molecule has 0 aliphatic carbocycles. The normalized spacial score (nSPS) is 11.7. The quantitative estimate of drug-likeness (QED) is 0.513. The van der Waals surface area contributed by atoms with Crippen molar-refractivity contribution in [3.05, 3.63) is 62.0 Å². The molecule has 0 fully saturated rings. The Hall–Kier alpha value is -4.14. The first-order valence-corrected chi connectivity index (χ1v) is 8.28. The molecule has 9 nitrogen and oxygen atoms in total. The van der Waals surface area contributed by atoms with Crippen LogP contribution in [0.4, 0.5) is 0 Å². The van der Waals surface area contributed by atoms with Gasteiger partial charge in [0.1, 0.15) is 29.2 Å². The van der Waals surface area contributed by atoms with Gasteiger partial charge in [-0.05, 0) is 18.2 Å². The predicted octanol–water partition coefficient (Wildman–Crippen LogP) is 2.43. The zero-order valence-electron chi connectivity index (χ0n) is 13.9. The van der Waals surface area contributed by atoms with Gasteiger partial charge in [0, 0.05) is 12.4 Å². The maximum Gasteiger partial charge on any atom is 0.180 e. The Bertz CT molecular complexity index is 1440. The van der Waals surface area contributed by atoms with Gasteiger partial charge in [-0.25, -0.2) is 24.9 Å². The molecule has 0 aliphatic rings. The Morgan fingerprint density at radius 1 is 0.815 bits per heavy atom. The summed E-state index contributed by atoms with van der Waals surface area (Å²) in [4.78, 5) is 29.6. The Morgan fingerprint density at radius 3 is 2.78 bits per heavy atom. The number of hydrogen-bond donors (Lipinski definition) is 1. The minimum absolute atomic E-state index is 0.623.